The van der Waals surface area contributed by atoms with Crippen LogP contribution in [0.3, 0.4) is 0 Å². The van der Waals surface area contributed by atoms with Gasteiger partial charge in [-0.2, -0.15) is 0 Å². The minimum Gasteiger partial charge on any atom is -0.352 e. The van der Waals surface area contributed by atoms with E-state index < -0.39 is 0 Å². The van der Waals surface area contributed by atoms with Crippen LogP contribution in [-0.4, -0.2) is 23.9 Å². The Kier molecular flexibility index (Phi) is 2.56. The third-order valence-corrected chi connectivity index (χ3v) is 2.62. The van der Waals surface area contributed by atoms with Crippen LogP contribution in [0.4, 0.5) is 0 Å². The van der Waals surface area contributed by atoms with Gasteiger partial charge < -0.3 is 10.3 Å². The van der Waals surface area contributed by atoms with Gasteiger partial charge in [0.05, 0.1) is 11.7 Å². The normalized spacial score (nSPS) is 12.9. The third-order valence-electron chi connectivity index (χ3n) is 2.62. The molecule has 78 valence electrons. The van der Waals surface area contributed by atoms with Gasteiger partial charge in [0.2, 0.25) is 0 Å². The van der Waals surface area contributed by atoms with E-state index in [0.717, 1.165) is 10.9 Å². The molecule has 0 saturated carbocycles. The molecular weight excluding hydrogens is 188 g/mol. The van der Waals surface area contributed by atoms with Gasteiger partial charge in [-0.1, -0.05) is 18.2 Å². The van der Waals surface area contributed by atoms with E-state index >= 15 is 0 Å². The molecule has 3 nitrogen and oxygen atoms in total. The molecule has 2 aromatic rings. The van der Waals surface area contributed by atoms with E-state index in [-0.39, 0.29) is 11.8 Å². The number of nitrogens with one attached hydrogen (secondary N) is 2. The van der Waals surface area contributed by atoms with E-state index in [0.29, 0.717) is 5.69 Å². The van der Waals surface area contributed by atoms with E-state index in [1.54, 1.807) is 7.05 Å². The molecule has 3 heteroatoms. The highest BCUT2D eigenvalue weighted by Crippen LogP contribution is 2.15. The zero-order chi connectivity index (χ0) is 10.8. The first-order chi connectivity index (χ1) is 7.22. The molecule has 0 fully saturated rings. The second-order valence-corrected chi connectivity index (χ2v) is 3.64. The summed E-state index contributed by atoms with van der Waals surface area (Å²) in [6, 6.07) is 9.62. The van der Waals surface area contributed by atoms with Crippen molar-refractivity contribution in [3.05, 3.63) is 36.0 Å². The third kappa shape index (κ3) is 1.78. The summed E-state index contributed by atoms with van der Waals surface area (Å²) < 4.78 is 0. The summed E-state index contributed by atoms with van der Waals surface area (Å²) in [6.07, 6.45) is 0. The summed E-state index contributed by atoms with van der Waals surface area (Å²) in [7, 11) is 1.78. The molecule has 0 saturated heterocycles. The van der Waals surface area contributed by atoms with Crippen molar-refractivity contribution in [1.29, 1.82) is 0 Å². The first kappa shape index (κ1) is 9.93. The van der Waals surface area contributed by atoms with Crippen molar-refractivity contribution in [3.8, 4) is 0 Å². The van der Waals surface area contributed by atoms with Crippen LogP contribution >= 0.6 is 0 Å². The van der Waals surface area contributed by atoms with Crippen molar-refractivity contribution in [3.63, 3.8) is 0 Å². The fraction of sp³-hybridized carbons (Fsp3) is 0.250. The highest BCUT2D eigenvalue weighted by molar-refractivity contribution is 6.02. The molecule has 0 aliphatic carbocycles. The summed E-state index contributed by atoms with van der Waals surface area (Å²) >= 11 is 0. The number of hydrogen-bond acceptors (Lipinski definition) is 2. The SMILES string of the molecule is CNC(C)C(=O)c1cc2ccccc2[nH]1. The monoisotopic (exact) mass is 202 g/mol. The van der Waals surface area contributed by atoms with E-state index in [1.807, 2.05) is 37.3 Å². The van der Waals surface area contributed by atoms with E-state index in [1.165, 1.54) is 0 Å². The van der Waals surface area contributed by atoms with Crippen LogP contribution in [0.2, 0.25) is 0 Å². The zero-order valence-electron chi connectivity index (χ0n) is 8.87. The van der Waals surface area contributed by atoms with Gasteiger partial charge in [-0.3, -0.25) is 4.79 Å². The summed E-state index contributed by atoms with van der Waals surface area (Å²) in [4.78, 5) is 15.0. The van der Waals surface area contributed by atoms with Crippen LogP contribution in [0.1, 0.15) is 17.4 Å². The van der Waals surface area contributed by atoms with Gasteiger partial charge in [0.25, 0.3) is 0 Å². The minimum atomic E-state index is -0.155. The van der Waals surface area contributed by atoms with Crippen molar-refractivity contribution >= 4 is 16.7 Å². The van der Waals surface area contributed by atoms with Crippen molar-refractivity contribution in [2.75, 3.05) is 7.05 Å². The smallest absolute Gasteiger partial charge is 0.195 e. The molecule has 2 rings (SSSR count). The molecule has 1 aromatic carbocycles. The first-order valence-electron chi connectivity index (χ1n) is 5.01. The number of Topliss-reactive ketones (excluding diaryl/α,β-unsaturated/α-hetero) is 1. The summed E-state index contributed by atoms with van der Waals surface area (Å²) in [6.45, 7) is 1.86. The van der Waals surface area contributed by atoms with Gasteiger partial charge in [0.1, 0.15) is 0 Å². The first-order valence-corrected chi connectivity index (χ1v) is 5.01. The van der Waals surface area contributed by atoms with E-state index in [2.05, 4.69) is 10.3 Å². The zero-order valence-corrected chi connectivity index (χ0v) is 8.87. The number of fused-ring (bicyclic) bond motifs is 1. The van der Waals surface area contributed by atoms with Gasteiger partial charge in [-0.05, 0) is 26.1 Å². The Morgan fingerprint density at radius 3 is 2.80 bits per heavy atom. The number of rotatable bonds is 3. The molecular formula is C12H14N2O. The van der Waals surface area contributed by atoms with E-state index in [4.69, 9.17) is 0 Å². The Morgan fingerprint density at radius 2 is 2.13 bits per heavy atom. The Morgan fingerprint density at radius 1 is 1.40 bits per heavy atom. The van der Waals surface area contributed by atoms with Crippen LogP contribution in [0.5, 0.6) is 0 Å². The maximum Gasteiger partial charge on any atom is 0.195 e. The quantitative estimate of drug-likeness (QED) is 0.747. The molecule has 0 aliphatic heterocycles. The van der Waals surface area contributed by atoms with Gasteiger partial charge >= 0.3 is 0 Å². The van der Waals surface area contributed by atoms with Crippen molar-refractivity contribution in [2.24, 2.45) is 0 Å². The molecule has 1 unspecified atom stereocenters. The molecule has 2 N–H and O–H groups in total. The molecule has 1 heterocycles. The summed E-state index contributed by atoms with van der Waals surface area (Å²) in [5.41, 5.74) is 1.67. The highest BCUT2D eigenvalue weighted by atomic mass is 16.1. The predicted octanol–water partition coefficient (Wildman–Crippen LogP) is 1.96. The van der Waals surface area contributed by atoms with Gasteiger partial charge in [0, 0.05) is 10.9 Å². The van der Waals surface area contributed by atoms with Crippen LogP contribution < -0.4 is 5.32 Å². The lowest BCUT2D eigenvalue weighted by atomic mass is 10.1. The lowest BCUT2D eigenvalue weighted by Crippen LogP contribution is -2.30. The Balaban J connectivity index is 2.41. The van der Waals surface area contributed by atoms with Crippen LogP contribution in [0.15, 0.2) is 30.3 Å². The Bertz CT molecular complexity index is 454. The average molecular weight is 202 g/mol. The summed E-state index contributed by atoms with van der Waals surface area (Å²) in [5.74, 6) is 0.0914. The number of H-pyrrole nitrogens is 1. The number of carbonyl (C=O) groups is 1. The fourth-order valence-corrected chi connectivity index (χ4v) is 1.57. The number of carbonyl (C=O) groups excluding carboxylic acids is 1. The van der Waals surface area contributed by atoms with Crippen LogP contribution in [0.25, 0.3) is 10.9 Å². The van der Waals surface area contributed by atoms with Crippen LogP contribution in [0, 0.1) is 0 Å². The number of aromatic nitrogens is 1. The molecule has 0 aliphatic rings. The number of para-hydroxylation sites is 1. The molecule has 0 bridgehead atoms. The topological polar surface area (TPSA) is 44.9 Å². The Hall–Kier alpha value is -1.61. The number of aromatic amines is 1. The number of ketones is 1. The van der Waals surface area contributed by atoms with Gasteiger partial charge in [-0.15, -0.1) is 0 Å². The number of hydrogen-bond donors (Lipinski definition) is 2. The molecule has 0 radical (unpaired) electrons. The number of likely N-dealkylation sites (N-methyl/N-ethyl adjacent to an activating group) is 1. The molecule has 0 amide bonds. The lowest BCUT2D eigenvalue weighted by molar-refractivity contribution is 0.0951. The standard InChI is InChI=1S/C12H14N2O/c1-8(13-2)12(15)11-7-9-5-3-4-6-10(9)14-11/h3-8,13-14H,1-2H3. The largest absolute Gasteiger partial charge is 0.352 e. The molecule has 1 aromatic heterocycles. The van der Waals surface area contributed by atoms with Crippen molar-refractivity contribution in [1.82, 2.24) is 10.3 Å². The van der Waals surface area contributed by atoms with E-state index in [9.17, 15) is 4.79 Å². The Labute approximate surface area is 88.5 Å². The van der Waals surface area contributed by atoms with Gasteiger partial charge in [0.15, 0.2) is 5.78 Å². The molecule has 0 spiro atoms. The fourth-order valence-electron chi connectivity index (χ4n) is 1.57. The van der Waals surface area contributed by atoms with Crippen LogP contribution in [-0.2, 0) is 0 Å². The van der Waals surface area contributed by atoms with Gasteiger partial charge in [-0.25, -0.2) is 0 Å². The van der Waals surface area contributed by atoms with Crippen molar-refractivity contribution in [2.45, 2.75) is 13.0 Å². The maximum absolute atomic E-state index is 11.9. The number of benzene rings is 1. The molecule has 15 heavy (non-hydrogen) atoms. The highest BCUT2D eigenvalue weighted by Gasteiger charge is 2.14. The lowest BCUT2D eigenvalue weighted by Gasteiger charge is -2.06. The summed E-state index contributed by atoms with van der Waals surface area (Å²) in [5, 5.41) is 4.01. The minimum absolute atomic E-state index is 0.0914. The predicted molar refractivity (Wildman–Crippen MR) is 61.2 cm³/mol. The average Bonchev–Trinajstić information content (AvgIpc) is 2.70. The maximum atomic E-state index is 11.9. The second kappa shape index (κ2) is 3.87. The van der Waals surface area contributed by atoms with Crippen molar-refractivity contribution < 1.29 is 4.79 Å². The second-order valence-electron chi connectivity index (χ2n) is 3.64. The molecule has 1 atom stereocenters.